The van der Waals surface area contributed by atoms with E-state index in [9.17, 15) is 0 Å². The van der Waals surface area contributed by atoms with Crippen molar-refractivity contribution >= 4 is 27.0 Å². The van der Waals surface area contributed by atoms with Crippen LogP contribution >= 0.6 is 15.9 Å². The summed E-state index contributed by atoms with van der Waals surface area (Å²) < 4.78 is 18.3. The summed E-state index contributed by atoms with van der Waals surface area (Å²) in [6.45, 7) is 6.67. The van der Waals surface area contributed by atoms with Gasteiger partial charge < -0.3 is 13.9 Å². The zero-order valence-electron chi connectivity index (χ0n) is 14.0. The molecule has 3 aromatic rings. The molecule has 0 saturated heterocycles. The van der Waals surface area contributed by atoms with Gasteiger partial charge in [-0.15, -0.1) is 0 Å². The molecule has 1 heterocycles. The highest BCUT2D eigenvalue weighted by Gasteiger charge is 2.18. The summed E-state index contributed by atoms with van der Waals surface area (Å²) in [5, 5.41) is 0. The van der Waals surface area contributed by atoms with Crippen LogP contribution in [0.15, 0.2) is 51.4 Å². The molecule has 0 aliphatic rings. The van der Waals surface area contributed by atoms with E-state index in [1.165, 1.54) is 0 Å². The van der Waals surface area contributed by atoms with Crippen LogP contribution in [0.3, 0.4) is 0 Å². The minimum Gasteiger partial charge on any atom is -0.486 e. The fourth-order valence-electron chi connectivity index (χ4n) is 2.13. The SMILES string of the molecule is CC(C)C(C)Oc1nc2c(OCc3ccccc3)ccc(Br)c2o1. The van der Waals surface area contributed by atoms with Crippen LogP contribution in [-0.2, 0) is 6.61 Å². The van der Waals surface area contributed by atoms with Crippen molar-refractivity contribution in [2.75, 3.05) is 0 Å². The number of hydrogen-bond acceptors (Lipinski definition) is 4. The summed E-state index contributed by atoms with van der Waals surface area (Å²) >= 11 is 3.49. The van der Waals surface area contributed by atoms with E-state index >= 15 is 0 Å². The molecule has 5 heteroatoms. The van der Waals surface area contributed by atoms with Crippen LogP contribution < -0.4 is 9.47 Å². The van der Waals surface area contributed by atoms with Crippen LogP contribution in [0, 0.1) is 5.92 Å². The van der Waals surface area contributed by atoms with E-state index in [0.717, 1.165) is 10.0 Å². The van der Waals surface area contributed by atoms with Gasteiger partial charge in [0.15, 0.2) is 11.1 Å². The lowest BCUT2D eigenvalue weighted by molar-refractivity contribution is 0.126. The summed E-state index contributed by atoms with van der Waals surface area (Å²) in [6.07, 6.45) is 0.285. The fourth-order valence-corrected chi connectivity index (χ4v) is 2.53. The van der Waals surface area contributed by atoms with Crippen LogP contribution in [0.25, 0.3) is 11.1 Å². The fraction of sp³-hybridized carbons (Fsp3) is 0.316. The average Bonchev–Trinajstić information content (AvgIpc) is 3.00. The molecule has 3 rings (SSSR count). The molecule has 1 atom stereocenters. The van der Waals surface area contributed by atoms with Crippen molar-refractivity contribution in [3.8, 4) is 11.8 Å². The Hall–Kier alpha value is -2.01. The lowest BCUT2D eigenvalue weighted by atomic mass is 10.1. The third-order valence-corrected chi connectivity index (χ3v) is 4.53. The van der Waals surface area contributed by atoms with Crippen molar-refractivity contribution in [1.82, 2.24) is 4.98 Å². The molecule has 0 fully saturated rings. The predicted octanol–water partition coefficient (Wildman–Crippen LogP) is 5.59. The second-order valence-electron chi connectivity index (χ2n) is 6.04. The van der Waals surface area contributed by atoms with Gasteiger partial charge >= 0.3 is 6.08 Å². The summed E-state index contributed by atoms with van der Waals surface area (Å²) in [6, 6.07) is 13.8. The Morgan fingerprint density at radius 3 is 2.54 bits per heavy atom. The van der Waals surface area contributed by atoms with E-state index in [4.69, 9.17) is 13.9 Å². The first-order valence-electron chi connectivity index (χ1n) is 7.97. The van der Waals surface area contributed by atoms with Crippen LogP contribution in [0.1, 0.15) is 26.3 Å². The van der Waals surface area contributed by atoms with E-state index in [-0.39, 0.29) is 12.2 Å². The standard InChI is InChI=1S/C19H20BrNO3/c1-12(2)13(3)23-19-21-17-16(10-9-15(20)18(17)24-19)22-11-14-7-5-4-6-8-14/h4-10,12-13H,11H2,1-3H3. The van der Waals surface area contributed by atoms with Gasteiger partial charge in [-0.3, -0.25) is 0 Å². The molecular formula is C19H20BrNO3. The van der Waals surface area contributed by atoms with Gasteiger partial charge in [0, 0.05) is 0 Å². The Morgan fingerprint density at radius 1 is 1.08 bits per heavy atom. The molecule has 0 amide bonds. The normalized spacial score (nSPS) is 12.5. The predicted molar refractivity (Wildman–Crippen MR) is 97.4 cm³/mol. The maximum absolute atomic E-state index is 5.93. The Morgan fingerprint density at radius 2 is 1.83 bits per heavy atom. The average molecular weight is 390 g/mol. The highest BCUT2D eigenvalue weighted by Crippen LogP contribution is 2.35. The van der Waals surface area contributed by atoms with E-state index < -0.39 is 0 Å². The molecule has 24 heavy (non-hydrogen) atoms. The third-order valence-electron chi connectivity index (χ3n) is 3.90. The van der Waals surface area contributed by atoms with Crippen molar-refractivity contribution in [2.24, 2.45) is 5.92 Å². The Balaban J connectivity index is 1.85. The second-order valence-corrected chi connectivity index (χ2v) is 6.90. The maximum Gasteiger partial charge on any atom is 0.395 e. The van der Waals surface area contributed by atoms with E-state index in [2.05, 4.69) is 34.8 Å². The first kappa shape index (κ1) is 16.8. The van der Waals surface area contributed by atoms with Crippen LogP contribution in [0.2, 0.25) is 0 Å². The highest BCUT2D eigenvalue weighted by molar-refractivity contribution is 9.10. The van der Waals surface area contributed by atoms with Gasteiger partial charge in [0.25, 0.3) is 0 Å². The van der Waals surface area contributed by atoms with Crippen LogP contribution in [-0.4, -0.2) is 11.1 Å². The Labute approximate surface area is 149 Å². The molecule has 0 radical (unpaired) electrons. The number of hydrogen-bond donors (Lipinski definition) is 0. The Kier molecular flexibility index (Phi) is 5.09. The zero-order valence-corrected chi connectivity index (χ0v) is 15.5. The number of benzene rings is 2. The van der Waals surface area contributed by atoms with Gasteiger partial charge in [-0.1, -0.05) is 44.2 Å². The second kappa shape index (κ2) is 7.26. The molecule has 0 aliphatic carbocycles. The number of fused-ring (bicyclic) bond motifs is 1. The summed E-state index contributed by atoms with van der Waals surface area (Å²) in [7, 11) is 0. The number of aromatic nitrogens is 1. The largest absolute Gasteiger partial charge is 0.486 e. The molecule has 126 valence electrons. The quantitative estimate of drug-likeness (QED) is 0.550. The molecule has 0 saturated carbocycles. The molecule has 0 N–H and O–H groups in total. The van der Waals surface area contributed by atoms with E-state index in [1.807, 2.05) is 49.4 Å². The van der Waals surface area contributed by atoms with Crippen molar-refractivity contribution in [1.29, 1.82) is 0 Å². The van der Waals surface area contributed by atoms with E-state index in [1.54, 1.807) is 0 Å². The lowest BCUT2D eigenvalue weighted by Crippen LogP contribution is -2.18. The van der Waals surface area contributed by atoms with Gasteiger partial charge in [-0.2, -0.15) is 4.98 Å². The zero-order chi connectivity index (χ0) is 17.1. The van der Waals surface area contributed by atoms with Crippen LogP contribution in [0.5, 0.6) is 11.8 Å². The lowest BCUT2D eigenvalue weighted by Gasteiger charge is -2.14. The van der Waals surface area contributed by atoms with Gasteiger partial charge in [0.2, 0.25) is 0 Å². The minimum absolute atomic E-state index is 0.0190. The number of halogens is 1. The molecule has 0 spiro atoms. The minimum atomic E-state index is 0.0190. The molecule has 0 bridgehead atoms. The van der Waals surface area contributed by atoms with Crippen molar-refractivity contribution in [3.05, 3.63) is 52.5 Å². The number of ether oxygens (including phenoxy) is 2. The monoisotopic (exact) mass is 389 g/mol. The van der Waals surface area contributed by atoms with Crippen LogP contribution in [0.4, 0.5) is 0 Å². The molecule has 1 unspecified atom stereocenters. The summed E-state index contributed by atoms with van der Waals surface area (Å²) in [4.78, 5) is 4.46. The van der Waals surface area contributed by atoms with Crippen molar-refractivity contribution in [3.63, 3.8) is 0 Å². The summed E-state index contributed by atoms with van der Waals surface area (Å²) in [5.41, 5.74) is 2.39. The smallest absolute Gasteiger partial charge is 0.395 e. The molecule has 1 aromatic heterocycles. The topological polar surface area (TPSA) is 44.5 Å². The van der Waals surface area contributed by atoms with Gasteiger partial charge in [-0.05, 0) is 46.5 Å². The molecule has 0 aliphatic heterocycles. The summed E-state index contributed by atoms with van der Waals surface area (Å²) in [5.74, 6) is 1.05. The highest BCUT2D eigenvalue weighted by atomic mass is 79.9. The van der Waals surface area contributed by atoms with E-state index in [0.29, 0.717) is 29.4 Å². The van der Waals surface area contributed by atoms with Crippen molar-refractivity contribution < 1.29 is 13.9 Å². The maximum atomic E-state index is 5.93. The van der Waals surface area contributed by atoms with Crippen molar-refractivity contribution in [2.45, 2.75) is 33.5 Å². The number of oxazole rings is 1. The number of nitrogens with zero attached hydrogens (tertiary/aromatic N) is 1. The number of rotatable bonds is 6. The van der Waals surface area contributed by atoms with Gasteiger partial charge in [0.05, 0.1) is 4.47 Å². The van der Waals surface area contributed by atoms with Gasteiger partial charge in [-0.25, -0.2) is 0 Å². The molecular weight excluding hydrogens is 370 g/mol. The third kappa shape index (κ3) is 3.73. The molecule has 2 aromatic carbocycles. The van der Waals surface area contributed by atoms with Gasteiger partial charge in [0.1, 0.15) is 18.5 Å². The molecule has 4 nitrogen and oxygen atoms in total. The first-order valence-corrected chi connectivity index (χ1v) is 8.76. The Bertz CT molecular complexity index is 814. The first-order chi connectivity index (χ1) is 11.5.